The van der Waals surface area contributed by atoms with Crippen molar-refractivity contribution in [2.45, 2.75) is 46.1 Å². The molecule has 4 nitrogen and oxygen atoms in total. The zero-order valence-corrected chi connectivity index (χ0v) is 13.8. The monoisotopic (exact) mass is 301 g/mol. The lowest BCUT2D eigenvalue weighted by Gasteiger charge is -2.21. The van der Waals surface area contributed by atoms with Crippen LogP contribution in [0.15, 0.2) is 35.3 Å². The van der Waals surface area contributed by atoms with E-state index in [4.69, 9.17) is 0 Å². The van der Waals surface area contributed by atoms with Crippen LogP contribution in [0.3, 0.4) is 0 Å². The Morgan fingerprint density at radius 3 is 2.32 bits per heavy atom. The molecule has 0 spiro atoms. The Labute approximate surface area is 130 Å². The zero-order valence-electron chi connectivity index (χ0n) is 13.8. The maximum atomic E-state index is 12.6. The molecule has 1 atom stereocenters. The molecule has 0 aliphatic heterocycles. The molecule has 4 heteroatoms. The minimum atomic E-state index is -0.984. The summed E-state index contributed by atoms with van der Waals surface area (Å²) in [7, 11) is 0. The van der Waals surface area contributed by atoms with Gasteiger partial charge in [0.05, 0.1) is 0 Å². The summed E-state index contributed by atoms with van der Waals surface area (Å²) in [5.74, 6) is -1.15. The summed E-state index contributed by atoms with van der Waals surface area (Å²) in [4.78, 5) is 24.1. The molecular formula is C18H23NO3. The van der Waals surface area contributed by atoms with E-state index in [0.29, 0.717) is 5.39 Å². The lowest BCUT2D eigenvalue weighted by Crippen LogP contribution is -2.32. The van der Waals surface area contributed by atoms with Crippen LogP contribution in [0.5, 0.6) is 0 Å². The van der Waals surface area contributed by atoms with Gasteiger partial charge in [-0.3, -0.25) is 4.79 Å². The van der Waals surface area contributed by atoms with E-state index in [2.05, 4.69) is 20.8 Å². The van der Waals surface area contributed by atoms with Gasteiger partial charge in [-0.2, -0.15) is 0 Å². The first-order valence-corrected chi connectivity index (χ1v) is 7.51. The number of aliphatic carboxylic acids is 1. The predicted octanol–water partition coefficient (Wildman–Crippen LogP) is 3.58. The summed E-state index contributed by atoms with van der Waals surface area (Å²) >= 11 is 0. The Bertz CT molecular complexity index is 766. The summed E-state index contributed by atoms with van der Waals surface area (Å²) in [6.45, 7) is 9.97. The van der Waals surface area contributed by atoms with E-state index in [1.807, 2.05) is 18.2 Å². The third-order valence-electron chi connectivity index (χ3n) is 3.98. The molecule has 0 amide bonds. The second kappa shape index (κ2) is 5.59. The molecule has 0 aliphatic carbocycles. The van der Waals surface area contributed by atoms with Crippen molar-refractivity contribution in [2.24, 2.45) is 5.92 Å². The van der Waals surface area contributed by atoms with Gasteiger partial charge in [0.25, 0.3) is 5.56 Å². The third-order valence-corrected chi connectivity index (χ3v) is 3.98. The Hall–Kier alpha value is -2.10. The smallest absolute Gasteiger partial charge is 0.327 e. The second-order valence-corrected chi connectivity index (χ2v) is 7.11. The van der Waals surface area contributed by atoms with E-state index in [-0.39, 0.29) is 16.9 Å². The van der Waals surface area contributed by atoms with Gasteiger partial charge in [-0.1, -0.05) is 46.8 Å². The van der Waals surface area contributed by atoms with Crippen LogP contribution in [-0.2, 0) is 10.2 Å². The quantitative estimate of drug-likeness (QED) is 0.942. The van der Waals surface area contributed by atoms with Crippen LogP contribution in [0, 0.1) is 5.92 Å². The number of carboxylic acid groups (broad SMARTS) is 1. The Morgan fingerprint density at radius 2 is 1.82 bits per heavy atom. The molecule has 1 aromatic carbocycles. The minimum absolute atomic E-state index is 0.00455. The molecule has 1 unspecified atom stereocenters. The number of carboxylic acids is 1. The van der Waals surface area contributed by atoms with Gasteiger partial charge in [0.15, 0.2) is 0 Å². The van der Waals surface area contributed by atoms with Crippen molar-refractivity contribution in [3.05, 3.63) is 46.4 Å². The third kappa shape index (κ3) is 2.91. The number of pyridine rings is 1. The van der Waals surface area contributed by atoms with Gasteiger partial charge in [0, 0.05) is 11.6 Å². The molecule has 1 heterocycles. The van der Waals surface area contributed by atoms with E-state index in [9.17, 15) is 14.7 Å². The minimum Gasteiger partial charge on any atom is -0.480 e. The van der Waals surface area contributed by atoms with E-state index >= 15 is 0 Å². The van der Waals surface area contributed by atoms with Crippen LogP contribution in [-0.4, -0.2) is 15.6 Å². The van der Waals surface area contributed by atoms with E-state index in [1.165, 1.54) is 4.57 Å². The van der Waals surface area contributed by atoms with Crippen molar-refractivity contribution < 1.29 is 9.90 Å². The van der Waals surface area contributed by atoms with Crippen LogP contribution in [0.2, 0.25) is 0 Å². The molecule has 0 radical (unpaired) electrons. The summed E-state index contributed by atoms with van der Waals surface area (Å²) in [6.07, 6.45) is 1.59. The summed E-state index contributed by atoms with van der Waals surface area (Å²) in [5.41, 5.74) is 0.903. The number of carbonyl (C=O) groups is 1. The molecular weight excluding hydrogens is 278 g/mol. The van der Waals surface area contributed by atoms with Gasteiger partial charge >= 0.3 is 5.97 Å². The fourth-order valence-electron chi connectivity index (χ4n) is 2.67. The van der Waals surface area contributed by atoms with E-state index in [0.717, 1.165) is 10.9 Å². The van der Waals surface area contributed by atoms with Crippen molar-refractivity contribution in [1.29, 1.82) is 0 Å². The van der Waals surface area contributed by atoms with Crippen LogP contribution in [0.4, 0.5) is 0 Å². The Morgan fingerprint density at radius 1 is 1.18 bits per heavy atom. The lowest BCUT2D eigenvalue weighted by atomic mass is 9.86. The number of rotatable bonds is 3. The van der Waals surface area contributed by atoms with Crippen LogP contribution >= 0.6 is 0 Å². The Balaban J connectivity index is 2.66. The summed E-state index contributed by atoms with van der Waals surface area (Å²) in [6, 6.07) is 6.73. The molecule has 0 aliphatic rings. The summed E-state index contributed by atoms with van der Waals surface area (Å²) < 4.78 is 1.33. The average molecular weight is 301 g/mol. The first-order valence-electron chi connectivity index (χ1n) is 7.51. The van der Waals surface area contributed by atoms with Gasteiger partial charge < -0.3 is 9.67 Å². The molecule has 0 saturated heterocycles. The SMILES string of the molecule is CC(C)C(C(=O)O)n1ccc2cc(C(C)(C)C)ccc2c1=O. The number of hydrogen-bond donors (Lipinski definition) is 1. The molecule has 0 saturated carbocycles. The molecule has 22 heavy (non-hydrogen) atoms. The maximum Gasteiger partial charge on any atom is 0.327 e. The highest BCUT2D eigenvalue weighted by molar-refractivity contribution is 5.83. The highest BCUT2D eigenvalue weighted by Crippen LogP contribution is 2.25. The van der Waals surface area contributed by atoms with E-state index in [1.54, 1.807) is 26.1 Å². The second-order valence-electron chi connectivity index (χ2n) is 7.11. The van der Waals surface area contributed by atoms with Gasteiger partial charge in [0.1, 0.15) is 6.04 Å². The molecule has 0 bridgehead atoms. The van der Waals surface area contributed by atoms with Crippen LogP contribution < -0.4 is 5.56 Å². The lowest BCUT2D eigenvalue weighted by molar-refractivity contribution is -0.142. The average Bonchev–Trinajstić information content (AvgIpc) is 2.39. The number of aromatic nitrogens is 1. The first kappa shape index (κ1) is 16.3. The Kier molecular flexibility index (Phi) is 4.14. The number of nitrogens with zero attached hydrogens (tertiary/aromatic N) is 1. The van der Waals surface area contributed by atoms with Gasteiger partial charge in [-0.25, -0.2) is 4.79 Å². The number of fused-ring (bicyclic) bond motifs is 1. The topological polar surface area (TPSA) is 59.3 Å². The van der Waals surface area contributed by atoms with Gasteiger partial charge in [-0.05, 0) is 34.4 Å². The van der Waals surface area contributed by atoms with Gasteiger partial charge in [-0.15, -0.1) is 0 Å². The fourth-order valence-corrected chi connectivity index (χ4v) is 2.67. The van der Waals surface area contributed by atoms with Crippen molar-refractivity contribution in [2.75, 3.05) is 0 Å². The van der Waals surface area contributed by atoms with E-state index < -0.39 is 12.0 Å². The highest BCUT2D eigenvalue weighted by Gasteiger charge is 2.25. The van der Waals surface area contributed by atoms with Crippen molar-refractivity contribution >= 4 is 16.7 Å². The largest absolute Gasteiger partial charge is 0.480 e. The summed E-state index contributed by atoms with van der Waals surface area (Å²) in [5, 5.41) is 10.8. The molecule has 1 aromatic heterocycles. The zero-order chi connectivity index (χ0) is 16.7. The van der Waals surface area contributed by atoms with Crippen LogP contribution in [0.25, 0.3) is 10.8 Å². The highest BCUT2D eigenvalue weighted by atomic mass is 16.4. The van der Waals surface area contributed by atoms with Gasteiger partial charge in [0.2, 0.25) is 0 Å². The maximum absolute atomic E-state index is 12.6. The molecule has 118 valence electrons. The van der Waals surface area contributed by atoms with Crippen molar-refractivity contribution in [3.8, 4) is 0 Å². The molecule has 2 aromatic rings. The molecule has 1 N–H and O–H groups in total. The molecule has 2 rings (SSSR count). The fraction of sp³-hybridized carbons (Fsp3) is 0.444. The van der Waals surface area contributed by atoms with Crippen molar-refractivity contribution in [1.82, 2.24) is 4.57 Å². The number of benzene rings is 1. The van der Waals surface area contributed by atoms with Crippen LogP contribution in [0.1, 0.15) is 46.2 Å². The predicted molar refractivity (Wildman–Crippen MR) is 88.4 cm³/mol. The standard InChI is InChI=1S/C18H23NO3/c1-11(2)15(17(21)22)19-9-8-12-10-13(18(3,4)5)6-7-14(12)16(19)20/h6-11,15H,1-5H3,(H,21,22). The normalized spacial score (nSPS) is 13.5. The van der Waals surface area contributed by atoms with Crippen molar-refractivity contribution in [3.63, 3.8) is 0 Å². The number of hydrogen-bond acceptors (Lipinski definition) is 2. The first-order chi connectivity index (χ1) is 10.1. The molecule has 0 fully saturated rings.